The van der Waals surface area contributed by atoms with Crippen molar-refractivity contribution in [1.29, 1.82) is 0 Å². The average Bonchev–Trinajstić information content (AvgIpc) is 3.15. The van der Waals surface area contributed by atoms with E-state index in [0.29, 0.717) is 26.1 Å². The zero-order chi connectivity index (χ0) is 19.4. The molecule has 0 bridgehead atoms. The van der Waals surface area contributed by atoms with Gasteiger partial charge in [0.2, 0.25) is 0 Å². The number of nitro groups is 1. The lowest BCUT2D eigenvalue weighted by atomic mass is 9.86. The molecule has 10 heteroatoms. The van der Waals surface area contributed by atoms with Crippen LogP contribution in [0.3, 0.4) is 0 Å². The zero-order valence-corrected chi connectivity index (χ0v) is 14.3. The number of carboxylic acids is 1. The summed E-state index contributed by atoms with van der Waals surface area (Å²) in [7, 11) is 0. The Hall–Kier alpha value is -3.27. The number of amides is 1. The van der Waals surface area contributed by atoms with Crippen LogP contribution >= 0.6 is 0 Å². The molecule has 2 N–H and O–H groups in total. The molecule has 1 aromatic heterocycles. The monoisotopic (exact) mass is 374 g/mol. The van der Waals surface area contributed by atoms with Crippen LogP contribution < -0.4 is 5.32 Å². The highest BCUT2D eigenvalue weighted by molar-refractivity contribution is 5.96. The number of hydrogen-bond donors (Lipinski definition) is 2. The maximum atomic E-state index is 12.7. The van der Waals surface area contributed by atoms with E-state index < -0.39 is 22.3 Å². The Labute approximate surface area is 153 Å². The molecule has 0 aliphatic carbocycles. The third kappa shape index (κ3) is 4.11. The van der Waals surface area contributed by atoms with E-state index in [1.54, 1.807) is 6.20 Å². The highest BCUT2D eigenvalue weighted by Gasteiger charge is 2.37. The van der Waals surface area contributed by atoms with Crippen LogP contribution in [0.15, 0.2) is 36.9 Å². The van der Waals surface area contributed by atoms with Crippen LogP contribution in [0.25, 0.3) is 5.69 Å². The number of nitro benzene ring substituents is 1. The van der Waals surface area contributed by atoms with Gasteiger partial charge in [0.15, 0.2) is 0 Å². The first-order chi connectivity index (χ1) is 12.9. The van der Waals surface area contributed by atoms with E-state index >= 15 is 0 Å². The Morgan fingerprint density at radius 3 is 2.70 bits per heavy atom. The molecule has 1 saturated heterocycles. The van der Waals surface area contributed by atoms with Crippen molar-refractivity contribution in [2.75, 3.05) is 13.2 Å². The maximum absolute atomic E-state index is 12.7. The third-order valence-corrected chi connectivity index (χ3v) is 4.54. The largest absolute Gasteiger partial charge is 0.481 e. The second kappa shape index (κ2) is 7.54. The van der Waals surface area contributed by atoms with Crippen LogP contribution in [0, 0.1) is 10.1 Å². The lowest BCUT2D eigenvalue weighted by Crippen LogP contribution is -2.53. The molecule has 0 saturated carbocycles. The van der Waals surface area contributed by atoms with Crippen molar-refractivity contribution in [3.8, 4) is 5.69 Å². The van der Waals surface area contributed by atoms with Gasteiger partial charge in [0, 0.05) is 37.2 Å². The molecule has 1 aliphatic rings. The topological polar surface area (TPSA) is 137 Å². The summed E-state index contributed by atoms with van der Waals surface area (Å²) in [5.41, 5.74) is -0.819. The number of carbonyl (C=O) groups excluding carboxylic acids is 1. The molecule has 3 rings (SSSR count). The number of imidazole rings is 1. The van der Waals surface area contributed by atoms with E-state index in [2.05, 4.69) is 10.3 Å². The summed E-state index contributed by atoms with van der Waals surface area (Å²) in [5, 5.41) is 23.4. The normalized spacial score (nSPS) is 15.9. The van der Waals surface area contributed by atoms with Crippen molar-refractivity contribution in [2.24, 2.45) is 0 Å². The third-order valence-electron chi connectivity index (χ3n) is 4.54. The first kappa shape index (κ1) is 18.5. The number of carbonyl (C=O) groups is 2. The second-order valence-corrected chi connectivity index (χ2v) is 6.35. The molecule has 2 aromatic rings. The van der Waals surface area contributed by atoms with Gasteiger partial charge < -0.3 is 19.7 Å². The molecule has 142 valence electrons. The summed E-state index contributed by atoms with van der Waals surface area (Å²) in [5.74, 6) is -1.59. The lowest BCUT2D eigenvalue weighted by molar-refractivity contribution is -0.384. The summed E-state index contributed by atoms with van der Waals surface area (Å²) in [4.78, 5) is 38.6. The van der Waals surface area contributed by atoms with Crippen LogP contribution in [0.1, 0.15) is 29.6 Å². The van der Waals surface area contributed by atoms with Crippen LogP contribution in [-0.4, -0.2) is 50.2 Å². The minimum absolute atomic E-state index is 0.0850. The van der Waals surface area contributed by atoms with Gasteiger partial charge in [-0.1, -0.05) is 0 Å². The summed E-state index contributed by atoms with van der Waals surface area (Å²) in [6.45, 7) is 0.681. The van der Waals surface area contributed by atoms with Gasteiger partial charge in [0.25, 0.3) is 11.6 Å². The minimum Gasteiger partial charge on any atom is -0.481 e. The van der Waals surface area contributed by atoms with Crippen molar-refractivity contribution in [2.45, 2.75) is 24.8 Å². The molecule has 0 radical (unpaired) electrons. The van der Waals surface area contributed by atoms with Crippen molar-refractivity contribution in [3.63, 3.8) is 0 Å². The standard InChI is InChI=1S/C17H18N4O6/c22-15(23)10-17(3-7-27-8-4-17)19-16(24)12-1-2-13(14(9-12)21(25)26)20-6-5-18-11-20/h1-2,5-6,9,11H,3-4,7-8,10H2,(H,19,24)(H,22,23). The molecule has 27 heavy (non-hydrogen) atoms. The highest BCUT2D eigenvalue weighted by atomic mass is 16.6. The number of aromatic nitrogens is 2. The van der Waals surface area contributed by atoms with E-state index in [9.17, 15) is 24.8 Å². The van der Waals surface area contributed by atoms with Gasteiger partial charge in [0.05, 0.1) is 23.2 Å². The molecule has 0 spiro atoms. The maximum Gasteiger partial charge on any atom is 0.305 e. The van der Waals surface area contributed by atoms with Crippen LogP contribution in [0.4, 0.5) is 5.69 Å². The van der Waals surface area contributed by atoms with E-state index in [0.717, 1.165) is 0 Å². The number of rotatable bonds is 6. The van der Waals surface area contributed by atoms with E-state index in [-0.39, 0.29) is 23.4 Å². The van der Waals surface area contributed by atoms with Gasteiger partial charge >= 0.3 is 5.97 Å². The van der Waals surface area contributed by atoms with Crippen LogP contribution in [-0.2, 0) is 9.53 Å². The van der Waals surface area contributed by atoms with Gasteiger partial charge in [-0.15, -0.1) is 0 Å². The van der Waals surface area contributed by atoms with Crippen molar-refractivity contribution in [1.82, 2.24) is 14.9 Å². The number of ether oxygens (including phenoxy) is 1. The van der Waals surface area contributed by atoms with Gasteiger partial charge in [-0.2, -0.15) is 0 Å². The summed E-state index contributed by atoms with van der Waals surface area (Å²) in [6, 6.07) is 4.10. The fourth-order valence-corrected chi connectivity index (χ4v) is 3.14. The predicted octanol–water partition coefficient (Wildman–Crippen LogP) is 1.53. The molecule has 1 fully saturated rings. The molecule has 1 aliphatic heterocycles. The molecule has 2 heterocycles. The molecular weight excluding hydrogens is 356 g/mol. The zero-order valence-electron chi connectivity index (χ0n) is 14.3. The fraction of sp³-hybridized carbons (Fsp3) is 0.353. The summed E-state index contributed by atoms with van der Waals surface area (Å²) in [6.07, 6.45) is 4.96. The minimum atomic E-state index is -1.03. The number of carboxylic acid groups (broad SMARTS) is 1. The molecule has 1 amide bonds. The molecule has 0 atom stereocenters. The Bertz CT molecular complexity index is 858. The van der Waals surface area contributed by atoms with E-state index in [1.807, 2.05) is 0 Å². The van der Waals surface area contributed by atoms with Crippen LogP contribution in [0.5, 0.6) is 0 Å². The number of nitrogens with one attached hydrogen (secondary N) is 1. The van der Waals surface area contributed by atoms with Gasteiger partial charge in [-0.3, -0.25) is 19.7 Å². The molecule has 1 aromatic carbocycles. The number of aliphatic carboxylic acids is 1. The number of benzene rings is 1. The van der Waals surface area contributed by atoms with E-state index in [4.69, 9.17) is 4.74 Å². The predicted molar refractivity (Wildman–Crippen MR) is 92.7 cm³/mol. The molecular formula is C17H18N4O6. The Balaban J connectivity index is 1.89. The fourth-order valence-electron chi connectivity index (χ4n) is 3.14. The Morgan fingerprint density at radius 2 is 2.11 bits per heavy atom. The first-order valence-corrected chi connectivity index (χ1v) is 8.29. The van der Waals surface area contributed by atoms with Crippen LogP contribution in [0.2, 0.25) is 0 Å². The van der Waals surface area contributed by atoms with Gasteiger partial charge in [-0.05, 0) is 25.0 Å². The SMILES string of the molecule is O=C(O)CC1(NC(=O)c2ccc(-n3ccnc3)c([N+](=O)[O-])c2)CCOCC1. The van der Waals surface area contributed by atoms with Crippen molar-refractivity contribution >= 4 is 17.6 Å². The summed E-state index contributed by atoms with van der Waals surface area (Å²) >= 11 is 0. The highest BCUT2D eigenvalue weighted by Crippen LogP contribution is 2.27. The quantitative estimate of drug-likeness (QED) is 0.578. The average molecular weight is 374 g/mol. The van der Waals surface area contributed by atoms with Crippen molar-refractivity contribution in [3.05, 3.63) is 52.6 Å². The second-order valence-electron chi connectivity index (χ2n) is 6.35. The van der Waals surface area contributed by atoms with E-state index in [1.165, 1.54) is 35.3 Å². The first-order valence-electron chi connectivity index (χ1n) is 8.29. The van der Waals surface area contributed by atoms with Gasteiger partial charge in [-0.25, -0.2) is 4.98 Å². The molecule has 0 unspecified atom stereocenters. The number of nitrogens with zero attached hydrogens (tertiary/aromatic N) is 3. The van der Waals surface area contributed by atoms with Crippen molar-refractivity contribution < 1.29 is 24.4 Å². The number of hydrogen-bond acceptors (Lipinski definition) is 6. The van der Waals surface area contributed by atoms with Gasteiger partial charge in [0.1, 0.15) is 5.69 Å². The molecule has 10 nitrogen and oxygen atoms in total. The lowest BCUT2D eigenvalue weighted by Gasteiger charge is -2.36. The smallest absolute Gasteiger partial charge is 0.305 e. The Kier molecular flexibility index (Phi) is 5.17. The summed E-state index contributed by atoms with van der Waals surface area (Å²) < 4.78 is 6.74. The Morgan fingerprint density at radius 1 is 1.37 bits per heavy atom.